The van der Waals surface area contributed by atoms with E-state index in [9.17, 15) is 4.79 Å². The third-order valence-corrected chi connectivity index (χ3v) is 6.54. The van der Waals surface area contributed by atoms with Crippen LogP contribution in [0.1, 0.15) is 47.0 Å². The molecule has 6 heteroatoms. The Kier molecular flexibility index (Phi) is 4.85. The Morgan fingerprint density at radius 2 is 2.12 bits per heavy atom. The molecule has 3 heterocycles. The third-order valence-electron chi connectivity index (χ3n) is 5.46. The molecule has 1 saturated heterocycles. The predicted octanol–water partition coefficient (Wildman–Crippen LogP) is 3.91. The third kappa shape index (κ3) is 3.43. The molecule has 0 aliphatic carbocycles. The number of amides is 2. The summed E-state index contributed by atoms with van der Waals surface area (Å²) in [7, 11) is 0. The maximum Gasteiger partial charge on any atom is 0.317 e. The second-order valence-corrected chi connectivity index (χ2v) is 8.53. The van der Waals surface area contributed by atoms with E-state index in [0.29, 0.717) is 12.5 Å². The van der Waals surface area contributed by atoms with Crippen LogP contribution in [0.2, 0.25) is 0 Å². The zero-order valence-corrected chi connectivity index (χ0v) is 16.1. The Labute approximate surface area is 158 Å². The highest BCUT2D eigenvalue weighted by Gasteiger charge is 2.31. The molecule has 2 aliphatic heterocycles. The molecule has 0 bridgehead atoms. The van der Waals surface area contributed by atoms with E-state index in [0.717, 1.165) is 31.7 Å². The van der Waals surface area contributed by atoms with Gasteiger partial charge in [0.25, 0.3) is 0 Å². The molecular formula is C20H25N3O2S. The van der Waals surface area contributed by atoms with Gasteiger partial charge in [-0.05, 0) is 32.8 Å². The van der Waals surface area contributed by atoms with Gasteiger partial charge in [0.05, 0.1) is 11.6 Å². The minimum atomic E-state index is 0.0376. The lowest BCUT2D eigenvalue weighted by Gasteiger charge is -2.32. The van der Waals surface area contributed by atoms with Crippen LogP contribution in [0, 0.1) is 6.92 Å². The minimum absolute atomic E-state index is 0.0376. The average Bonchev–Trinajstić information content (AvgIpc) is 3.28. The summed E-state index contributed by atoms with van der Waals surface area (Å²) in [6, 6.07) is 8.19. The van der Waals surface area contributed by atoms with Gasteiger partial charge in [0.2, 0.25) is 0 Å². The van der Waals surface area contributed by atoms with E-state index < -0.39 is 0 Å². The van der Waals surface area contributed by atoms with Crippen molar-refractivity contribution in [3.8, 4) is 5.75 Å². The minimum Gasteiger partial charge on any atom is -0.493 e. The van der Waals surface area contributed by atoms with Gasteiger partial charge in [-0.2, -0.15) is 0 Å². The van der Waals surface area contributed by atoms with Gasteiger partial charge in [0.15, 0.2) is 0 Å². The fraction of sp³-hybridized carbons (Fsp3) is 0.500. The second-order valence-electron chi connectivity index (χ2n) is 7.26. The summed E-state index contributed by atoms with van der Waals surface area (Å²) in [6.07, 6.45) is 3.93. The number of thiazole rings is 1. The van der Waals surface area contributed by atoms with E-state index in [1.807, 2.05) is 29.3 Å². The van der Waals surface area contributed by atoms with Gasteiger partial charge in [0, 0.05) is 47.6 Å². The number of fused-ring (bicyclic) bond motifs is 1. The predicted molar refractivity (Wildman–Crippen MR) is 103 cm³/mol. The maximum atomic E-state index is 12.7. The van der Waals surface area contributed by atoms with Crippen molar-refractivity contribution in [3.05, 3.63) is 45.9 Å². The molecule has 5 nitrogen and oxygen atoms in total. The first-order valence-electron chi connectivity index (χ1n) is 9.31. The van der Waals surface area contributed by atoms with E-state index in [1.165, 1.54) is 15.4 Å². The van der Waals surface area contributed by atoms with Crippen LogP contribution in [0.25, 0.3) is 0 Å². The first-order chi connectivity index (χ1) is 12.6. The van der Waals surface area contributed by atoms with Crippen molar-refractivity contribution in [1.29, 1.82) is 0 Å². The summed E-state index contributed by atoms with van der Waals surface area (Å²) in [4.78, 5) is 20.4. The van der Waals surface area contributed by atoms with Gasteiger partial charge in [0.1, 0.15) is 5.75 Å². The van der Waals surface area contributed by atoms with Crippen molar-refractivity contribution in [1.82, 2.24) is 15.2 Å². The topological polar surface area (TPSA) is 54.5 Å². The second kappa shape index (κ2) is 7.27. The van der Waals surface area contributed by atoms with Crippen LogP contribution in [0.5, 0.6) is 5.75 Å². The molecule has 4 rings (SSSR count). The lowest BCUT2D eigenvalue weighted by molar-refractivity contribution is 0.175. The van der Waals surface area contributed by atoms with Gasteiger partial charge in [-0.3, -0.25) is 0 Å². The van der Waals surface area contributed by atoms with Gasteiger partial charge in [-0.25, -0.2) is 9.78 Å². The van der Waals surface area contributed by atoms with Gasteiger partial charge >= 0.3 is 6.03 Å². The lowest BCUT2D eigenvalue weighted by Crippen LogP contribution is -2.48. The highest BCUT2D eigenvalue weighted by atomic mass is 32.1. The monoisotopic (exact) mass is 371 g/mol. The number of hydrogen-bond donors (Lipinski definition) is 1. The van der Waals surface area contributed by atoms with E-state index in [4.69, 9.17) is 4.74 Å². The van der Waals surface area contributed by atoms with Gasteiger partial charge < -0.3 is 15.0 Å². The highest BCUT2D eigenvalue weighted by molar-refractivity contribution is 7.11. The number of rotatable bonds is 3. The van der Waals surface area contributed by atoms with Crippen LogP contribution in [0.3, 0.4) is 0 Å². The first kappa shape index (κ1) is 17.3. The molecule has 138 valence electrons. The highest BCUT2D eigenvalue weighted by Crippen LogP contribution is 2.35. The molecule has 1 aromatic carbocycles. The number of benzene rings is 1. The number of carbonyl (C=O) groups excluding carboxylic acids is 1. The number of nitrogens with one attached hydrogen (secondary N) is 1. The number of nitrogens with zero attached hydrogens (tertiary/aromatic N) is 2. The summed E-state index contributed by atoms with van der Waals surface area (Å²) >= 11 is 1.78. The molecule has 2 amide bonds. The van der Waals surface area contributed by atoms with Crippen LogP contribution in [-0.2, 0) is 0 Å². The molecule has 1 fully saturated rings. The number of carbonyl (C=O) groups is 1. The largest absolute Gasteiger partial charge is 0.493 e. The van der Waals surface area contributed by atoms with Crippen molar-refractivity contribution in [2.24, 2.45) is 0 Å². The summed E-state index contributed by atoms with van der Waals surface area (Å²) in [5.74, 6) is 1.65. The Hall–Kier alpha value is -2.08. The van der Waals surface area contributed by atoms with Crippen molar-refractivity contribution >= 4 is 17.4 Å². The van der Waals surface area contributed by atoms with Gasteiger partial charge in [-0.1, -0.05) is 18.2 Å². The number of aryl methyl sites for hydroxylation is 1. The quantitative estimate of drug-likeness (QED) is 0.890. The number of aromatic nitrogens is 1. The number of piperidine rings is 1. The first-order valence-corrected chi connectivity index (χ1v) is 10.1. The standard InChI is InChI=1S/C20H25N3O2S/c1-13-11-21-19(26-13)15-7-9-23(10-8-15)20(24)22-14(2)17-12-25-18-6-4-3-5-16(17)18/h3-6,11,14-15,17H,7-10,12H2,1-2H3,(H,22,24). The molecule has 1 aromatic heterocycles. The number of hydrogen-bond acceptors (Lipinski definition) is 4. The Morgan fingerprint density at radius 3 is 2.85 bits per heavy atom. The molecule has 0 spiro atoms. The van der Waals surface area contributed by atoms with Crippen molar-refractivity contribution < 1.29 is 9.53 Å². The Bertz CT molecular complexity index is 783. The smallest absolute Gasteiger partial charge is 0.317 e. The SMILES string of the molecule is Cc1cnc(C2CCN(C(=O)NC(C)C3COc4ccccc43)CC2)s1. The molecule has 2 atom stereocenters. The number of ether oxygens (including phenoxy) is 1. The summed E-state index contributed by atoms with van der Waals surface area (Å²) in [6.45, 7) is 6.38. The van der Waals surface area contributed by atoms with Crippen molar-refractivity contribution in [2.45, 2.75) is 44.6 Å². The molecule has 0 saturated carbocycles. The number of urea groups is 1. The molecular weight excluding hydrogens is 346 g/mol. The molecule has 0 radical (unpaired) electrons. The normalized spacial score (nSPS) is 21.2. The van der Waals surface area contributed by atoms with Crippen LogP contribution in [0.15, 0.2) is 30.5 Å². The fourth-order valence-electron chi connectivity index (χ4n) is 3.88. The average molecular weight is 372 g/mol. The zero-order chi connectivity index (χ0) is 18.1. The van der Waals surface area contributed by atoms with E-state index >= 15 is 0 Å². The fourth-order valence-corrected chi connectivity index (χ4v) is 4.82. The summed E-state index contributed by atoms with van der Waals surface area (Å²) in [5, 5.41) is 4.40. The summed E-state index contributed by atoms with van der Waals surface area (Å²) < 4.78 is 5.75. The molecule has 2 aromatic rings. The molecule has 26 heavy (non-hydrogen) atoms. The van der Waals surface area contributed by atoms with Gasteiger partial charge in [-0.15, -0.1) is 11.3 Å². The Morgan fingerprint density at radius 1 is 1.35 bits per heavy atom. The van der Waals surface area contributed by atoms with Crippen molar-refractivity contribution in [3.63, 3.8) is 0 Å². The maximum absolute atomic E-state index is 12.7. The Balaban J connectivity index is 1.32. The van der Waals surface area contributed by atoms with Crippen LogP contribution >= 0.6 is 11.3 Å². The summed E-state index contributed by atoms with van der Waals surface area (Å²) in [5.41, 5.74) is 1.19. The van der Waals surface area contributed by atoms with E-state index in [2.05, 4.69) is 30.2 Å². The molecule has 2 aliphatic rings. The molecule has 2 unspecified atom stereocenters. The van der Waals surface area contributed by atoms with E-state index in [1.54, 1.807) is 11.3 Å². The number of para-hydroxylation sites is 1. The lowest BCUT2D eigenvalue weighted by atomic mass is 9.94. The van der Waals surface area contributed by atoms with E-state index in [-0.39, 0.29) is 18.0 Å². The van der Waals surface area contributed by atoms with Crippen LogP contribution < -0.4 is 10.1 Å². The molecule has 1 N–H and O–H groups in total. The van der Waals surface area contributed by atoms with Crippen molar-refractivity contribution in [2.75, 3.05) is 19.7 Å². The van der Waals surface area contributed by atoms with Crippen LogP contribution in [0.4, 0.5) is 4.79 Å². The number of likely N-dealkylation sites (tertiary alicyclic amines) is 1. The van der Waals surface area contributed by atoms with Crippen LogP contribution in [-0.4, -0.2) is 41.7 Å². The zero-order valence-electron chi connectivity index (χ0n) is 15.3.